The van der Waals surface area contributed by atoms with Gasteiger partial charge in [-0.3, -0.25) is 20.2 Å². The summed E-state index contributed by atoms with van der Waals surface area (Å²) in [6.07, 6.45) is 0.202. The zero-order valence-corrected chi connectivity index (χ0v) is 14.8. The van der Waals surface area contributed by atoms with Gasteiger partial charge in [-0.05, 0) is 32.0 Å². The Labute approximate surface area is 152 Å². The smallest absolute Gasteiger partial charge is 0.257 e. The van der Waals surface area contributed by atoms with E-state index in [4.69, 9.17) is 4.74 Å². The number of nitrogens with zero attached hydrogens (tertiary/aromatic N) is 1. The molecule has 0 aromatic heterocycles. The van der Waals surface area contributed by atoms with Crippen LogP contribution in [-0.2, 0) is 4.79 Å². The summed E-state index contributed by atoms with van der Waals surface area (Å²) >= 11 is 0. The zero-order chi connectivity index (χ0) is 18.5. The number of carbonyl (C=O) groups excluding carboxylic acids is 2. The molecule has 1 aliphatic heterocycles. The molecule has 0 saturated heterocycles. The second-order valence-electron chi connectivity index (χ2n) is 6.04. The minimum absolute atomic E-state index is 0.156. The van der Waals surface area contributed by atoms with Crippen LogP contribution in [0.15, 0.2) is 53.5 Å². The lowest BCUT2D eigenvalue weighted by Gasteiger charge is -2.23. The number of nitrogens with one attached hydrogen (secondary N) is 2. The minimum atomic E-state index is -0.403. The fourth-order valence-corrected chi connectivity index (χ4v) is 2.76. The number of carbonyl (C=O) groups is 2. The monoisotopic (exact) mass is 351 g/mol. The van der Waals surface area contributed by atoms with E-state index in [1.807, 2.05) is 50.2 Å². The molecule has 1 unspecified atom stereocenters. The summed E-state index contributed by atoms with van der Waals surface area (Å²) in [5, 5.41) is 5.29. The van der Waals surface area contributed by atoms with Crippen LogP contribution in [0.2, 0.25) is 0 Å². The van der Waals surface area contributed by atoms with Crippen molar-refractivity contribution >= 4 is 17.8 Å². The minimum Gasteiger partial charge on any atom is -0.494 e. The van der Waals surface area contributed by atoms with Crippen molar-refractivity contribution in [3.63, 3.8) is 0 Å². The second kappa shape index (κ2) is 7.82. The quantitative estimate of drug-likeness (QED) is 0.889. The van der Waals surface area contributed by atoms with Crippen LogP contribution in [0.25, 0.3) is 0 Å². The lowest BCUT2D eigenvalue weighted by molar-refractivity contribution is -0.120. The molecule has 26 heavy (non-hydrogen) atoms. The van der Waals surface area contributed by atoms with Gasteiger partial charge in [-0.25, -0.2) is 4.99 Å². The van der Waals surface area contributed by atoms with E-state index in [0.29, 0.717) is 17.9 Å². The molecule has 134 valence electrons. The number of hydrogen-bond donors (Lipinski definition) is 2. The molecule has 1 aliphatic rings. The van der Waals surface area contributed by atoms with Crippen molar-refractivity contribution in [2.75, 3.05) is 6.61 Å². The van der Waals surface area contributed by atoms with Crippen LogP contribution in [0.5, 0.6) is 5.75 Å². The Morgan fingerprint density at radius 1 is 1.23 bits per heavy atom. The van der Waals surface area contributed by atoms with Crippen LogP contribution >= 0.6 is 0 Å². The average molecular weight is 351 g/mol. The summed E-state index contributed by atoms with van der Waals surface area (Å²) in [7, 11) is 0. The predicted molar refractivity (Wildman–Crippen MR) is 99.2 cm³/mol. The number of amides is 2. The van der Waals surface area contributed by atoms with Crippen molar-refractivity contribution in [2.24, 2.45) is 4.99 Å². The van der Waals surface area contributed by atoms with Crippen molar-refractivity contribution in [3.05, 3.63) is 65.2 Å². The summed E-state index contributed by atoms with van der Waals surface area (Å²) in [5.41, 5.74) is 2.40. The van der Waals surface area contributed by atoms with Crippen LogP contribution in [0.4, 0.5) is 0 Å². The summed E-state index contributed by atoms with van der Waals surface area (Å²) < 4.78 is 5.63. The molecule has 6 nitrogen and oxygen atoms in total. The van der Waals surface area contributed by atoms with E-state index in [0.717, 1.165) is 11.1 Å². The number of hydrogen-bond acceptors (Lipinski definition) is 4. The highest BCUT2D eigenvalue weighted by Gasteiger charge is 2.25. The van der Waals surface area contributed by atoms with Gasteiger partial charge in [-0.2, -0.15) is 0 Å². The maximum atomic E-state index is 12.4. The van der Waals surface area contributed by atoms with Gasteiger partial charge >= 0.3 is 0 Å². The Kier molecular flexibility index (Phi) is 5.31. The second-order valence-corrected chi connectivity index (χ2v) is 6.04. The van der Waals surface area contributed by atoms with Crippen LogP contribution < -0.4 is 15.4 Å². The lowest BCUT2D eigenvalue weighted by atomic mass is 10.0. The molecule has 3 rings (SSSR count). The summed E-state index contributed by atoms with van der Waals surface area (Å²) in [6.45, 7) is 4.38. The van der Waals surface area contributed by atoms with Crippen molar-refractivity contribution in [3.8, 4) is 5.75 Å². The van der Waals surface area contributed by atoms with Gasteiger partial charge < -0.3 is 4.74 Å². The van der Waals surface area contributed by atoms with Crippen molar-refractivity contribution < 1.29 is 14.3 Å². The Morgan fingerprint density at radius 2 is 1.96 bits per heavy atom. The Morgan fingerprint density at radius 3 is 2.69 bits per heavy atom. The summed E-state index contributed by atoms with van der Waals surface area (Å²) in [6, 6.07) is 14.3. The molecule has 2 amide bonds. The molecule has 0 bridgehead atoms. The molecule has 1 atom stereocenters. The number of aliphatic imine (C=N–C) groups is 1. The van der Waals surface area contributed by atoms with Gasteiger partial charge in [0.15, 0.2) is 0 Å². The first-order chi connectivity index (χ1) is 12.6. The number of benzene rings is 2. The normalized spacial score (nSPS) is 16.5. The molecule has 0 aliphatic carbocycles. The Bertz CT molecular complexity index is 844. The third-order valence-corrected chi connectivity index (χ3v) is 4.05. The van der Waals surface area contributed by atoms with Gasteiger partial charge in [0.2, 0.25) is 11.9 Å². The molecular weight excluding hydrogens is 330 g/mol. The van der Waals surface area contributed by atoms with E-state index in [1.54, 1.807) is 12.1 Å². The van der Waals surface area contributed by atoms with Crippen LogP contribution in [-0.4, -0.2) is 24.4 Å². The van der Waals surface area contributed by atoms with E-state index in [-0.39, 0.29) is 24.2 Å². The summed E-state index contributed by atoms with van der Waals surface area (Å²) in [4.78, 5) is 29.0. The highest BCUT2D eigenvalue weighted by atomic mass is 16.5. The number of rotatable bonds is 4. The maximum absolute atomic E-state index is 12.4. The Balaban J connectivity index is 1.82. The fourth-order valence-electron chi connectivity index (χ4n) is 2.76. The molecule has 0 radical (unpaired) electrons. The van der Waals surface area contributed by atoms with Crippen molar-refractivity contribution in [1.29, 1.82) is 0 Å². The van der Waals surface area contributed by atoms with E-state index in [2.05, 4.69) is 15.6 Å². The largest absolute Gasteiger partial charge is 0.494 e. The van der Waals surface area contributed by atoms with Gasteiger partial charge in [-0.1, -0.05) is 35.9 Å². The molecule has 2 N–H and O–H groups in total. The molecule has 0 spiro atoms. The molecule has 1 heterocycles. The fraction of sp³-hybridized carbons (Fsp3) is 0.250. The third-order valence-electron chi connectivity index (χ3n) is 4.05. The number of ether oxygens (including phenoxy) is 1. The van der Waals surface area contributed by atoms with E-state index in [1.165, 1.54) is 0 Å². The maximum Gasteiger partial charge on any atom is 0.257 e. The standard InChI is InChI=1S/C20H21N3O3/c1-3-26-17-7-5-4-6-15(17)16-12-18(24)22-20(21-16)23-19(25)14-10-8-13(2)9-11-14/h4-11,16H,3,12H2,1-2H3,(H2,21,22,23,24,25). The van der Waals surface area contributed by atoms with Crippen molar-refractivity contribution in [1.82, 2.24) is 10.6 Å². The van der Waals surface area contributed by atoms with Gasteiger partial charge in [0.25, 0.3) is 5.91 Å². The SMILES string of the molecule is CCOc1ccccc1C1CC(=O)NC(NC(=O)c2ccc(C)cc2)=N1. The molecule has 0 saturated carbocycles. The number of guanidine groups is 1. The molecule has 2 aromatic carbocycles. The summed E-state index contributed by atoms with van der Waals surface area (Å²) in [5.74, 6) is 0.337. The van der Waals surface area contributed by atoms with E-state index >= 15 is 0 Å². The highest BCUT2D eigenvalue weighted by Crippen LogP contribution is 2.31. The zero-order valence-electron chi connectivity index (χ0n) is 14.8. The van der Waals surface area contributed by atoms with Crippen LogP contribution in [0.1, 0.15) is 40.9 Å². The molecule has 6 heteroatoms. The van der Waals surface area contributed by atoms with Gasteiger partial charge in [-0.15, -0.1) is 0 Å². The average Bonchev–Trinajstić information content (AvgIpc) is 2.62. The first-order valence-electron chi connectivity index (χ1n) is 8.54. The van der Waals surface area contributed by atoms with Crippen LogP contribution in [0.3, 0.4) is 0 Å². The van der Waals surface area contributed by atoms with E-state index in [9.17, 15) is 9.59 Å². The first-order valence-corrected chi connectivity index (χ1v) is 8.54. The third kappa shape index (κ3) is 4.08. The molecular formula is C20H21N3O3. The molecule has 2 aromatic rings. The lowest BCUT2D eigenvalue weighted by Crippen LogP contribution is -2.47. The van der Waals surface area contributed by atoms with Gasteiger partial charge in [0.05, 0.1) is 19.1 Å². The van der Waals surface area contributed by atoms with Gasteiger partial charge in [0.1, 0.15) is 5.75 Å². The van der Waals surface area contributed by atoms with Crippen molar-refractivity contribution in [2.45, 2.75) is 26.3 Å². The predicted octanol–water partition coefficient (Wildman–Crippen LogP) is 2.74. The van der Waals surface area contributed by atoms with E-state index < -0.39 is 6.04 Å². The highest BCUT2D eigenvalue weighted by molar-refractivity contribution is 6.10. The molecule has 0 fully saturated rings. The number of para-hydroxylation sites is 1. The first kappa shape index (κ1) is 17.7. The van der Waals surface area contributed by atoms with Gasteiger partial charge in [0, 0.05) is 11.1 Å². The van der Waals surface area contributed by atoms with Crippen LogP contribution in [0, 0.1) is 6.92 Å². The topological polar surface area (TPSA) is 79.8 Å². The number of aryl methyl sites for hydroxylation is 1. The Hall–Kier alpha value is -3.15.